The Morgan fingerprint density at radius 3 is 2.82 bits per heavy atom. The average Bonchev–Trinajstić information content (AvgIpc) is 3.07. The maximum absolute atomic E-state index is 12.1. The van der Waals surface area contributed by atoms with Crippen molar-refractivity contribution in [2.75, 3.05) is 11.9 Å². The molecule has 2 heterocycles. The fraction of sp³-hybridized carbons (Fsp3) is 0.571. The van der Waals surface area contributed by atoms with Gasteiger partial charge in [-0.1, -0.05) is 5.16 Å². The Bertz CT molecular complexity index is 583. The molecule has 2 amide bonds. The zero-order valence-corrected chi connectivity index (χ0v) is 12.8. The van der Waals surface area contributed by atoms with Crippen LogP contribution in [0.1, 0.15) is 32.4 Å². The average molecular weight is 309 g/mol. The summed E-state index contributed by atoms with van der Waals surface area (Å²) in [5.74, 6) is -0.421. The molecule has 8 heteroatoms. The molecule has 1 aromatic rings. The summed E-state index contributed by atoms with van der Waals surface area (Å²) in [5.41, 5.74) is 0. The highest BCUT2D eigenvalue weighted by atomic mass is 16.5. The van der Waals surface area contributed by atoms with Crippen LogP contribution in [0.2, 0.25) is 0 Å². The molecule has 1 aliphatic heterocycles. The van der Waals surface area contributed by atoms with Gasteiger partial charge in [0.25, 0.3) is 5.91 Å². The van der Waals surface area contributed by atoms with Crippen molar-refractivity contribution in [1.82, 2.24) is 10.1 Å². The number of ether oxygens (including phenoxy) is 1. The molecule has 1 N–H and O–H groups in total. The fourth-order valence-electron chi connectivity index (χ4n) is 2.35. The lowest BCUT2D eigenvalue weighted by molar-refractivity contribution is -0.159. The van der Waals surface area contributed by atoms with Crippen LogP contribution in [0.5, 0.6) is 0 Å². The molecule has 1 aliphatic rings. The van der Waals surface area contributed by atoms with Crippen molar-refractivity contribution in [3.8, 4) is 0 Å². The van der Waals surface area contributed by atoms with Gasteiger partial charge in [0.2, 0.25) is 5.91 Å². The van der Waals surface area contributed by atoms with Gasteiger partial charge in [0.15, 0.2) is 11.9 Å². The summed E-state index contributed by atoms with van der Waals surface area (Å²) in [6.45, 7) is 5.11. The molecule has 0 spiro atoms. The first kappa shape index (κ1) is 16.0. The summed E-state index contributed by atoms with van der Waals surface area (Å²) in [6.07, 6.45) is 0.312. The number of aromatic nitrogens is 1. The molecule has 8 nitrogen and oxygen atoms in total. The van der Waals surface area contributed by atoms with Gasteiger partial charge in [-0.15, -0.1) is 0 Å². The predicted molar refractivity (Wildman–Crippen MR) is 75.8 cm³/mol. The molecule has 0 radical (unpaired) electrons. The number of aryl methyl sites for hydroxylation is 1. The van der Waals surface area contributed by atoms with E-state index in [0.717, 1.165) is 6.42 Å². The van der Waals surface area contributed by atoms with E-state index in [2.05, 4.69) is 10.5 Å². The number of esters is 1. The van der Waals surface area contributed by atoms with Crippen molar-refractivity contribution in [2.24, 2.45) is 0 Å². The molecule has 22 heavy (non-hydrogen) atoms. The number of likely N-dealkylation sites (tertiary alicyclic amines) is 1. The summed E-state index contributed by atoms with van der Waals surface area (Å²) < 4.78 is 9.98. The van der Waals surface area contributed by atoms with Crippen LogP contribution in [0.15, 0.2) is 10.6 Å². The van der Waals surface area contributed by atoms with Crippen molar-refractivity contribution in [1.29, 1.82) is 0 Å². The molecule has 0 saturated carbocycles. The number of amides is 2. The van der Waals surface area contributed by atoms with Gasteiger partial charge in [0, 0.05) is 19.5 Å². The zero-order valence-electron chi connectivity index (χ0n) is 12.8. The first-order chi connectivity index (χ1) is 10.4. The smallest absolute Gasteiger partial charge is 0.329 e. The molecule has 0 aliphatic carbocycles. The van der Waals surface area contributed by atoms with E-state index in [9.17, 15) is 14.4 Å². The SMILES string of the molecule is CC(=O)N1CCCC1C(=O)OC(C)C(=O)Nc1cc(C)on1. The van der Waals surface area contributed by atoms with E-state index in [0.29, 0.717) is 18.7 Å². The Kier molecular flexibility index (Phi) is 4.79. The Morgan fingerprint density at radius 1 is 1.50 bits per heavy atom. The lowest BCUT2D eigenvalue weighted by atomic mass is 10.2. The largest absolute Gasteiger partial charge is 0.451 e. The number of anilines is 1. The standard InChI is InChI=1S/C14H19N3O5/c1-8-7-12(16-22-8)15-13(19)9(2)21-14(20)11-5-4-6-17(11)10(3)18/h7,9,11H,4-6H2,1-3H3,(H,15,16,19). The van der Waals surface area contributed by atoms with Crippen LogP contribution in [-0.4, -0.2) is 46.5 Å². The minimum atomic E-state index is -0.987. The Labute approximate surface area is 127 Å². The third-order valence-corrected chi connectivity index (χ3v) is 3.47. The fourth-order valence-corrected chi connectivity index (χ4v) is 2.35. The summed E-state index contributed by atoms with van der Waals surface area (Å²) in [5, 5.41) is 6.12. The molecular formula is C14H19N3O5. The Morgan fingerprint density at radius 2 is 2.23 bits per heavy atom. The Hall–Kier alpha value is -2.38. The summed E-state index contributed by atoms with van der Waals surface area (Å²) in [7, 11) is 0. The number of hydrogen-bond donors (Lipinski definition) is 1. The van der Waals surface area contributed by atoms with Gasteiger partial charge in [-0.2, -0.15) is 0 Å². The van der Waals surface area contributed by atoms with Gasteiger partial charge in [-0.05, 0) is 26.7 Å². The molecule has 2 rings (SSSR count). The monoisotopic (exact) mass is 309 g/mol. The van der Waals surface area contributed by atoms with Crippen LogP contribution in [0.3, 0.4) is 0 Å². The number of rotatable bonds is 4. The number of carbonyl (C=O) groups excluding carboxylic acids is 3. The van der Waals surface area contributed by atoms with E-state index in [1.54, 1.807) is 13.0 Å². The highest BCUT2D eigenvalue weighted by Crippen LogP contribution is 2.19. The number of hydrogen-bond acceptors (Lipinski definition) is 6. The second-order valence-corrected chi connectivity index (χ2v) is 5.26. The van der Waals surface area contributed by atoms with E-state index >= 15 is 0 Å². The van der Waals surface area contributed by atoms with Crippen LogP contribution < -0.4 is 5.32 Å². The molecule has 0 aromatic carbocycles. The zero-order chi connectivity index (χ0) is 16.3. The van der Waals surface area contributed by atoms with E-state index in [4.69, 9.17) is 9.26 Å². The third-order valence-electron chi connectivity index (χ3n) is 3.47. The van der Waals surface area contributed by atoms with Crippen LogP contribution in [0, 0.1) is 6.92 Å². The molecule has 1 saturated heterocycles. The van der Waals surface area contributed by atoms with E-state index < -0.39 is 24.0 Å². The predicted octanol–water partition coefficient (Wildman–Crippen LogP) is 0.864. The van der Waals surface area contributed by atoms with Gasteiger partial charge >= 0.3 is 5.97 Å². The highest BCUT2D eigenvalue weighted by Gasteiger charge is 2.35. The maximum atomic E-state index is 12.1. The highest BCUT2D eigenvalue weighted by molar-refractivity contribution is 5.95. The lowest BCUT2D eigenvalue weighted by Gasteiger charge is -2.23. The second kappa shape index (κ2) is 6.59. The van der Waals surface area contributed by atoms with Gasteiger partial charge in [-0.3, -0.25) is 9.59 Å². The van der Waals surface area contributed by atoms with Crippen LogP contribution in [-0.2, 0) is 19.1 Å². The third kappa shape index (κ3) is 3.63. The summed E-state index contributed by atoms with van der Waals surface area (Å²) in [4.78, 5) is 36.9. The van der Waals surface area contributed by atoms with Crippen LogP contribution in [0.25, 0.3) is 0 Å². The first-order valence-electron chi connectivity index (χ1n) is 7.10. The topological polar surface area (TPSA) is 102 Å². The van der Waals surface area contributed by atoms with Gasteiger partial charge in [0.1, 0.15) is 11.8 Å². The molecule has 1 aromatic heterocycles. The van der Waals surface area contributed by atoms with Crippen molar-refractivity contribution >= 4 is 23.6 Å². The minimum Gasteiger partial charge on any atom is -0.451 e. The molecular weight excluding hydrogens is 290 g/mol. The van der Waals surface area contributed by atoms with Crippen LogP contribution in [0.4, 0.5) is 5.82 Å². The van der Waals surface area contributed by atoms with Crippen molar-refractivity contribution in [3.63, 3.8) is 0 Å². The maximum Gasteiger partial charge on any atom is 0.329 e. The van der Waals surface area contributed by atoms with Crippen molar-refractivity contribution in [3.05, 3.63) is 11.8 Å². The minimum absolute atomic E-state index is 0.172. The lowest BCUT2D eigenvalue weighted by Crippen LogP contribution is -2.42. The quantitative estimate of drug-likeness (QED) is 0.828. The Balaban J connectivity index is 1.90. The number of carbonyl (C=O) groups is 3. The summed E-state index contributed by atoms with van der Waals surface area (Å²) in [6, 6.07) is 0.947. The van der Waals surface area contributed by atoms with Gasteiger partial charge in [0.05, 0.1) is 0 Å². The van der Waals surface area contributed by atoms with Crippen molar-refractivity contribution < 1.29 is 23.6 Å². The van der Waals surface area contributed by atoms with Gasteiger partial charge in [-0.25, -0.2) is 4.79 Å². The molecule has 2 unspecified atom stereocenters. The molecule has 120 valence electrons. The van der Waals surface area contributed by atoms with Crippen molar-refractivity contribution in [2.45, 2.75) is 45.8 Å². The van der Waals surface area contributed by atoms with Gasteiger partial charge < -0.3 is 19.5 Å². The van der Waals surface area contributed by atoms with E-state index in [1.807, 2.05) is 0 Å². The van der Waals surface area contributed by atoms with E-state index in [-0.39, 0.29) is 11.7 Å². The molecule has 2 atom stereocenters. The molecule has 0 bridgehead atoms. The van der Waals surface area contributed by atoms with Crippen LogP contribution >= 0.6 is 0 Å². The first-order valence-corrected chi connectivity index (χ1v) is 7.10. The summed E-state index contributed by atoms with van der Waals surface area (Å²) >= 11 is 0. The normalized spacial score (nSPS) is 18.9. The molecule has 1 fully saturated rings. The van der Waals surface area contributed by atoms with E-state index in [1.165, 1.54) is 18.7 Å². The second-order valence-electron chi connectivity index (χ2n) is 5.26. The number of nitrogens with zero attached hydrogens (tertiary/aromatic N) is 2. The number of nitrogens with one attached hydrogen (secondary N) is 1.